The normalized spacial score (nSPS) is 16.6. The van der Waals surface area contributed by atoms with Crippen molar-refractivity contribution in [2.75, 3.05) is 188 Å². The van der Waals surface area contributed by atoms with Crippen LogP contribution in [0.15, 0.2) is 29.2 Å². The minimum atomic E-state index is -4.79. The van der Waals surface area contributed by atoms with E-state index in [9.17, 15) is 113 Å². The standard InChI is InChI=1S/C51H77N9O18S2.C23H41N5O8S.H4P2.H3P/c1-35-27-39(28-36(2)50(35)80(76,77)56-41(51(71)72)29-53-45(63)13-6-4-10-38-16-15-37-9-3-5-11-40(37)54-38)78-26-8-14-44(62)52-17-7-12-43(61)42(34-79(73,74)75)55-46(64)30-57-18-20-58(31-47(65)66)22-24-60(33-49(69)70)25-23-59(21-19-57)32-48(67)68;1-18(29)13-25-5-7-26(14-19(2)30)9-11-28(12-10-27(8-6-25)15-20(3)31)16-23(33)24-22(21(4)32)17-37(34,35)36;1-2;/h15-16,27-28,41-42,56H,3-14,17-26,29-34H2,1-2H3,(H,52,62)(H,53,63)(H,55,64)(H,65,66)(H,67,68)(H,69,70)(H,71,72)(H,73,74,75);22H,5-17H2,1-4H3,(H,24,33)(H,34,35,36);1-2H2;1H3/t41?,42-;22-;;/m00../s1. The topological polar surface area (TPSA) is 554 Å². The number of ether oxygens (including phenoxy) is 1. The number of nitrogens with zero attached hydrogens (tertiary/aromatic N) is 9. The number of aliphatic carboxylic acids is 4. The molecule has 6 atom stereocenters. The smallest absolute Gasteiger partial charge is 0.323 e. The lowest BCUT2D eigenvalue weighted by atomic mass is 9.95. The highest BCUT2D eigenvalue weighted by molar-refractivity contribution is 7.92. The predicted molar refractivity (Wildman–Crippen MR) is 455 cm³/mol. The van der Waals surface area contributed by atoms with E-state index in [0.717, 1.165) is 44.0 Å². The fourth-order valence-corrected chi connectivity index (χ4v) is 16.5. The number of sulfonamides is 1. The molecule has 5 rings (SSSR count). The molecule has 0 spiro atoms. The van der Waals surface area contributed by atoms with Crippen molar-refractivity contribution in [2.45, 2.75) is 142 Å². The van der Waals surface area contributed by atoms with Crippen molar-refractivity contribution in [2.24, 2.45) is 0 Å². The van der Waals surface area contributed by atoms with Gasteiger partial charge in [0.1, 0.15) is 52.7 Å². The van der Waals surface area contributed by atoms with E-state index in [1.54, 1.807) is 19.6 Å². The number of carboxylic acid groups (broad SMARTS) is 4. The van der Waals surface area contributed by atoms with Crippen LogP contribution in [0.1, 0.15) is 114 Å². The number of unbranched alkanes of at least 4 members (excludes halogenated alkanes) is 1. The average Bonchev–Trinajstić information content (AvgIpc) is 0.794. The van der Waals surface area contributed by atoms with E-state index in [1.807, 2.05) is 25.7 Å². The number of pyridine rings is 1. The van der Waals surface area contributed by atoms with Crippen LogP contribution in [0.3, 0.4) is 0 Å². The third-order valence-electron chi connectivity index (χ3n) is 19.2. The van der Waals surface area contributed by atoms with Crippen LogP contribution in [0.5, 0.6) is 5.75 Å². The van der Waals surface area contributed by atoms with Crippen LogP contribution in [0.2, 0.25) is 0 Å². The molecule has 2 fully saturated rings. The quantitative estimate of drug-likeness (QED) is 0.0193. The van der Waals surface area contributed by atoms with Gasteiger partial charge in [0.2, 0.25) is 33.7 Å². The first-order chi connectivity index (χ1) is 55.9. The van der Waals surface area contributed by atoms with E-state index in [-0.39, 0.29) is 179 Å². The first kappa shape index (κ1) is 109. The molecular weight excluding hydrogens is 1690 g/mol. The third kappa shape index (κ3) is 47.6. The zero-order valence-electron chi connectivity index (χ0n) is 69.5. The number of carboxylic acids is 4. The lowest BCUT2D eigenvalue weighted by Gasteiger charge is -2.33. The highest BCUT2D eigenvalue weighted by atomic mass is 32.2. The molecule has 2 aromatic rings. The SMILES string of the molecule is CC(=O)CN1CCN(CC(C)=O)CCN(CC(=O)N[C@@H](CS(=O)(=O)O)C(C)=O)CCN(CC(C)=O)CC1.Cc1cc(OCCCC(=O)NCCCC(=O)[C@H](CS(=O)(=O)O)NC(=O)CN2CCN(CC(=O)O)CCN(CC(=O)O)CCN(CC(=O)O)CC2)cc(C)c1S(=O)(=O)NC(CNC(=O)CCCCc1ccc2c(n1)CCCC2)C(=O)O.P.PP. The Kier molecular flexibility index (Phi) is 51.5. The predicted octanol–water partition coefficient (Wildman–Crippen LogP) is -2.04. The van der Waals surface area contributed by atoms with E-state index in [2.05, 4.69) is 49.9 Å². The second-order valence-electron chi connectivity index (χ2n) is 29.7. The number of Topliss-reactive ketones (excluding diaryl/α,β-unsaturated/α-hetero) is 5. The Morgan fingerprint density at radius 3 is 1.26 bits per heavy atom. The molecule has 1 aliphatic carbocycles. The maximum Gasteiger partial charge on any atom is 0.323 e. The first-order valence-corrected chi connectivity index (χ1v) is 46.6. The molecule has 4 amide bonds. The number of rotatable bonds is 44. The Bertz CT molecular complexity index is 4020. The largest absolute Gasteiger partial charge is 0.494 e. The van der Waals surface area contributed by atoms with Gasteiger partial charge < -0.3 is 46.4 Å². The number of hydrogen-bond acceptors (Lipinski definition) is 29. The minimum Gasteiger partial charge on any atom is -0.494 e. The van der Waals surface area contributed by atoms with Gasteiger partial charge in [-0.2, -0.15) is 31.5 Å². The van der Waals surface area contributed by atoms with Gasteiger partial charge in [0.15, 0.2) is 11.6 Å². The van der Waals surface area contributed by atoms with Gasteiger partial charge in [0, 0.05) is 148 Å². The lowest BCUT2D eigenvalue weighted by molar-refractivity contribution is -0.140. The molecule has 0 radical (unpaired) electrons. The highest BCUT2D eigenvalue weighted by Crippen LogP contribution is 2.27. The number of aryl methyl sites for hydroxylation is 5. The molecule has 46 heteroatoms. The Morgan fingerprint density at radius 2 is 0.858 bits per heavy atom. The molecule has 0 saturated carbocycles. The van der Waals surface area contributed by atoms with Crippen molar-refractivity contribution in [1.29, 1.82) is 0 Å². The fraction of sp³-hybridized carbons (Fsp3) is 0.676. The second-order valence-corrected chi connectivity index (χ2v) is 34.4. The molecule has 1 aromatic carbocycles. The molecule has 4 unspecified atom stereocenters. The van der Waals surface area contributed by atoms with Crippen molar-refractivity contribution < 1.29 is 122 Å². The molecule has 2 saturated heterocycles. The molecule has 3 aliphatic rings. The number of amides is 4. The molecule has 40 nitrogen and oxygen atoms in total. The summed E-state index contributed by atoms with van der Waals surface area (Å²) in [6.45, 7) is 11.9. The Labute approximate surface area is 710 Å². The van der Waals surface area contributed by atoms with Crippen molar-refractivity contribution in [3.05, 3.63) is 52.3 Å². The van der Waals surface area contributed by atoms with E-state index < -0.39 is 145 Å². The number of hydrogen-bond donors (Lipinski definition) is 11. The maximum atomic E-state index is 13.5. The summed E-state index contributed by atoms with van der Waals surface area (Å²) < 4.78 is 100. The number of fused-ring (bicyclic) bond motifs is 1. The average molecular weight is 1820 g/mol. The fourth-order valence-electron chi connectivity index (χ4n) is 13.4. The highest BCUT2D eigenvalue weighted by Gasteiger charge is 2.32. The lowest BCUT2D eigenvalue weighted by Crippen LogP contribution is -2.52. The number of benzene rings is 1. The Morgan fingerprint density at radius 1 is 0.475 bits per heavy atom. The van der Waals surface area contributed by atoms with Crippen LogP contribution in [0.4, 0.5) is 0 Å². The summed E-state index contributed by atoms with van der Waals surface area (Å²) in [5, 5.41) is 48.1. The number of carbonyl (C=O) groups is 13. The van der Waals surface area contributed by atoms with E-state index in [0.29, 0.717) is 71.6 Å². The van der Waals surface area contributed by atoms with Gasteiger partial charge in [0.05, 0.1) is 63.9 Å². The number of nitrogens with one attached hydrogen (secondary N) is 5. The summed E-state index contributed by atoms with van der Waals surface area (Å²) >= 11 is 0. The zero-order valence-corrected chi connectivity index (χ0v) is 75.7. The van der Waals surface area contributed by atoms with Crippen molar-refractivity contribution in [3.63, 3.8) is 0 Å². The summed E-state index contributed by atoms with van der Waals surface area (Å²) in [5.74, 6) is -10.3. The van der Waals surface area contributed by atoms with Gasteiger partial charge >= 0.3 is 23.9 Å². The van der Waals surface area contributed by atoms with Gasteiger partial charge in [-0.3, -0.25) is 116 Å². The van der Waals surface area contributed by atoms with Crippen molar-refractivity contribution in [1.82, 2.24) is 70.2 Å². The third-order valence-corrected chi connectivity index (χ3v) is 22.5. The van der Waals surface area contributed by atoms with Crippen LogP contribution in [0, 0.1) is 13.8 Å². The monoisotopic (exact) mass is 1810 g/mol. The molecule has 680 valence electrons. The van der Waals surface area contributed by atoms with Crippen LogP contribution in [-0.4, -0.2) is 382 Å². The summed E-state index contributed by atoms with van der Waals surface area (Å²) in [7, 11) is -9.01. The second kappa shape index (κ2) is 56.7. The summed E-state index contributed by atoms with van der Waals surface area (Å²) in [5.41, 5.74) is 3.88. The Balaban J connectivity index is 0.00000102. The van der Waals surface area contributed by atoms with Crippen LogP contribution >= 0.6 is 27.8 Å². The van der Waals surface area contributed by atoms with Crippen LogP contribution in [0.25, 0.3) is 0 Å². The molecule has 2 aliphatic heterocycles. The van der Waals surface area contributed by atoms with E-state index >= 15 is 0 Å². The van der Waals surface area contributed by atoms with Gasteiger partial charge in [-0.15, -0.1) is 17.9 Å². The van der Waals surface area contributed by atoms with Gasteiger partial charge in [0.25, 0.3) is 20.2 Å². The molecule has 1 aromatic heterocycles. The molecule has 11 N–H and O–H groups in total. The van der Waals surface area contributed by atoms with E-state index in [4.69, 9.17) is 14.3 Å². The Hall–Kier alpha value is -7.02. The number of carbonyl (C=O) groups excluding carboxylic acids is 9. The minimum absolute atomic E-state index is 0. The first-order valence-electron chi connectivity index (χ1n) is 39.2. The van der Waals surface area contributed by atoms with Crippen molar-refractivity contribution in [3.8, 4) is 5.75 Å². The van der Waals surface area contributed by atoms with E-state index in [1.165, 1.54) is 52.3 Å². The van der Waals surface area contributed by atoms with Crippen LogP contribution < -0.4 is 30.7 Å². The summed E-state index contributed by atoms with van der Waals surface area (Å²) in [6, 6.07) is 2.32. The number of ketones is 5. The van der Waals surface area contributed by atoms with Gasteiger partial charge in [-0.05, 0) is 134 Å². The molecule has 3 heterocycles. The maximum absolute atomic E-state index is 13.5. The van der Waals surface area contributed by atoms with Gasteiger partial charge in [-0.1, -0.05) is 6.07 Å². The summed E-state index contributed by atoms with van der Waals surface area (Å²) in [4.78, 5) is 177. The molecule has 120 heavy (non-hydrogen) atoms. The molecule has 0 bridgehead atoms. The molecular formula is C74H125N14O26P3S3. The summed E-state index contributed by atoms with van der Waals surface area (Å²) in [6.07, 6.45) is 6.24. The van der Waals surface area contributed by atoms with Gasteiger partial charge in [-0.25, -0.2) is 8.42 Å². The van der Waals surface area contributed by atoms with Crippen LogP contribution in [-0.2, 0) is 112 Å². The zero-order chi connectivity index (χ0) is 89.2. The number of aromatic nitrogens is 1. The van der Waals surface area contributed by atoms with Crippen molar-refractivity contribution >= 4 is 134 Å².